The molecule has 2 aliphatic heterocycles. The van der Waals surface area contributed by atoms with Crippen LogP contribution in [0.3, 0.4) is 0 Å². The minimum absolute atomic E-state index is 0.176. The first-order valence-corrected chi connectivity index (χ1v) is 12.3. The van der Waals surface area contributed by atoms with Crippen LogP contribution in [0.5, 0.6) is 0 Å². The first-order chi connectivity index (χ1) is 14.4. The van der Waals surface area contributed by atoms with Crippen LogP contribution in [0.2, 0.25) is 0 Å². The van der Waals surface area contributed by atoms with Crippen molar-refractivity contribution in [1.29, 1.82) is 0 Å². The average Bonchev–Trinajstić information content (AvgIpc) is 2.74. The maximum atomic E-state index is 12.8. The molecule has 9 heteroatoms. The highest BCUT2D eigenvalue weighted by Gasteiger charge is 2.29. The van der Waals surface area contributed by atoms with Crippen LogP contribution in [0, 0.1) is 5.92 Å². The highest BCUT2D eigenvalue weighted by atomic mass is 32.2. The summed E-state index contributed by atoms with van der Waals surface area (Å²) >= 11 is 0. The van der Waals surface area contributed by atoms with Gasteiger partial charge >= 0.3 is 0 Å². The van der Waals surface area contributed by atoms with Gasteiger partial charge in [0.15, 0.2) is 0 Å². The van der Waals surface area contributed by atoms with Gasteiger partial charge in [-0.2, -0.15) is 0 Å². The monoisotopic (exact) mass is 436 g/mol. The van der Waals surface area contributed by atoms with Crippen molar-refractivity contribution in [2.45, 2.75) is 19.3 Å². The molecule has 0 atom stereocenters. The van der Waals surface area contributed by atoms with Crippen LogP contribution < -0.4 is 10.4 Å². The quantitative estimate of drug-likeness (QED) is 0.628. The van der Waals surface area contributed by atoms with Gasteiger partial charge in [-0.25, -0.2) is 18.2 Å². The van der Waals surface area contributed by atoms with Crippen LogP contribution in [-0.2, 0) is 14.8 Å². The first kappa shape index (κ1) is 22.7. The molecule has 0 unspecified atom stereocenters. The number of hydroxylamine groups is 1. The lowest BCUT2D eigenvalue weighted by Gasteiger charge is -2.38. The zero-order valence-corrected chi connectivity index (χ0v) is 18.4. The predicted molar refractivity (Wildman–Crippen MR) is 118 cm³/mol. The van der Waals surface area contributed by atoms with E-state index in [2.05, 4.69) is 16.4 Å². The van der Waals surface area contributed by atoms with Crippen molar-refractivity contribution in [3.05, 3.63) is 35.9 Å². The lowest BCUT2D eigenvalue weighted by Crippen LogP contribution is -2.49. The van der Waals surface area contributed by atoms with Gasteiger partial charge < -0.3 is 15.0 Å². The maximum absolute atomic E-state index is 12.8. The molecule has 0 radical (unpaired) electrons. The summed E-state index contributed by atoms with van der Waals surface area (Å²) < 4.78 is 24.8. The Kier molecular flexibility index (Phi) is 7.87. The molecular formula is C21H32N4O4S. The number of sulfonamides is 1. The molecule has 1 amide bonds. The van der Waals surface area contributed by atoms with Gasteiger partial charge in [0.1, 0.15) is 0 Å². The molecule has 30 heavy (non-hydrogen) atoms. The summed E-state index contributed by atoms with van der Waals surface area (Å²) in [4.78, 5) is 17.0. The summed E-state index contributed by atoms with van der Waals surface area (Å²) in [6.45, 7) is 4.36. The van der Waals surface area contributed by atoms with Crippen molar-refractivity contribution in [3.8, 4) is 0 Å². The number of hydrogen-bond donors (Lipinski definition) is 2. The number of para-hydroxylation sites is 1. The van der Waals surface area contributed by atoms with Crippen LogP contribution >= 0.6 is 0 Å². The topological polar surface area (TPSA) is 93.2 Å². The Labute approximate surface area is 179 Å². The Hall–Kier alpha value is -1.94. The summed E-state index contributed by atoms with van der Waals surface area (Å²) in [7, 11) is -3.13. The van der Waals surface area contributed by atoms with Gasteiger partial charge in [0.25, 0.3) is 0 Å². The number of rotatable bonds is 7. The van der Waals surface area contributed by atoms with Crippen molar-refractivity contribution >= 4 is 27.7 Å². The smallest absolute Gasteiger partial charge is 0.222 e. The standard InChI is InChI=1S/C21H32N4O4S/c1-30(28,29)25-11-8-18(9-12-25)17-21(26)24-15-13-23(14-16-24)20-7-3-2-5-19(20)6-4-10-22-27/h2-7,18,22,27H,8-17H2,1H3/b6-4+. The van der Waals surface area contributed by atoms with Crippen molar-refractivity contribution in [3.63, 3.8) is 0 Å². The molecule has 2 fully saturated rings. The normalized spacial score (nSPS) is 19.5. The third kappa shape index (κ3) is 6.04. The van der Waals surface area contributed by atoms with Gasteiger partial charge in [-0.3, -0.25) is 4.79 Å². The van der Waals surface area contributed by atoms with E-state index < -0.39 is 10.0 Å². The SMILES string of the molecule is CS(=O)(=O)N1CCC(CC(=O)N2CCN(c3ccccc3/C=C/CNO)CC2)CC1. The number of piperidine rings is 1. The molecule has 0 aliphatic carbocycles. The van der Waals surface area contributed by atoms with Crippen molar-refractivity contribution in [2.24, 2.45) is 5.92 Å². The minimum atomic E-state index is -3.13. The summed E-state index contributed by atoms with van der Waals surface area (Å²) in [5.74, 6) is 0.439. The second-order valence-corrected chi connectivity index (χ2v) is 9.98. The van der Waals surface area contributed by atoms with E-state index in [1.165, 1.54) is 10.6 Å². The molecule has 0 aromatic heterocycles. The van der Waals surface area contributed by atoms with Crippen LogP contribution in [0.15, 0.2) is 30.3 Å². The number of carbonyl (C=O) groups is 1. The molecule has 8 nitrogen and oxygen atoms in total. The van der Waals surface area contributed by atoms with E-state index in [1.54, 1.807) is 0 Å². The lowest BCUT2D eigenvalue weighted by atomic mass is 9.94. The van der Waals surface area contributed by atoms with Crippen molar-refractivity contribution < 1.29 is 18.4 Å². The Morgan fingerprint density at radius 3 is 2.43 bits per heavy atom. The van der Waals surface area contributed by atoms with E-state index in [0.29, 0.717) is 39.1 Å². The van der Waals surface area contributed by atoms with Crippen LogP contribution in [0.4, 0.5) is 5.69 Å². The molecule has 0 spiro atoms. The fraction of sp³-hybridized carbons (Fsp3) is 0.571. The Morgan fingerprint density at radius 1 is 1.13 bits per heavy atom. The average molecular weight is 437 g/mol. The number of nitrogens with one attached hydrogen (secondary N) is 1. The number of hydrogen-bond acceptors (Lipinski definition) is 6. The number of benzene rings is 1. The lowest BCUT2D eigenvalue weighted by molar-refractivity contribution is -0.132. The number of anilines is 1. The van der Waals surface area contributed by atoms with Crippen molar-refractivity contribution in [1.82, 2.24) is 14.7 Å². The molecule has 2 aliphatic rings. The highest BCUT2D eigenvalue weighted by molar-refractivity contribution is 7.88. The number of nitrogens with zero attached hydrogens (tertiary/aromatic N) is 3. The molecule has 0 bridgehead atoms. The molecule has 1 aromatic rings. The summed E-state index contributed by atoms with van der Waals surface area (Å²) in [6, 6.07) is 8.13. The Morgan fingerprint density at radius 2 is 1.80 bits per heavy atom. The van der Waals surface area contributed by atoms with Gasteiger partial charge in [0.05, 0.1) is 6.26 Å². The molecular weight excluding hydrogens is 404 g/mol. The van der Waals surface area contributed by atoms with Gasteiger partial charge in [-0.05, 0) is 30.4 Å². The van der Waals surface area contributed by atoms with Gasteiger partial charge in [-0.15, -0.1) is 0 Å². The summed E-state index contributed by atoms with van der Waals surface area (Å²) in [5, 5.41) is 8.73. The summed E-state index contributed by atoms with van der Waals surface area (Å²) in [5.41, 5.74) is 4.34. The van der Waals surface area contributed by atoms with E-state index in [-0.39, 0.29) is 11.8 Å². The highest BCUT2D eigenvalue weighted by Crippen LogP contribution is 2.25. The van der Waals surface area contributed by atoms with Gasteiger partial charge in [0, 0.05) is 57.9 Å². The predicted octanol–water partition coefficient (Wildman–Crippen LogP) is 1.39. The van der Waals surface area contributed by atoms with Crippen LogP contribution in [0.25, 0.3) is 6.08 Å². The molecule has 166 valence electrons. The molecule has 3 rings (SSSR count). The molecule has 0 saturated carbocycles. The van der Waals surface area contributed by atoms with E-state index in [1.807, 2.05) is 35.3 Å². The van der Waals surface area contributed by atoms with E-state index in [9.17, 15) is 13.2 Å². The fourth-order valence-corrected chi connectivity index (χ4v) is 5.05. The Balaban J connectivity index is 1.50. The zero-order chi connectivity index (χ0) is 21.6. The largest absolute Gasteiger partial charge is 0.367 e. The number of carbonyl (C=O) groups excluding carboxylic acids is 1. The second-order valence-electron chi connectivity index (χ2n) is 8.00. The van der Waals surface area contributed by atoms with Gasteiger partial charge in [-0.1, -0.05) is 30.4 Å². The maximum Gasteiger partial charge on any atom is 0.222 e. The number of piperazine rings is 1. The molecule has 2 heterocycles. The molecule has 1 aromatic carbocycles. The van der Waals surface area contributed by atoms with E-state index >= 15 is 0 Å². The third-order valence-corrected chi connectivity index (χ3v) is 7.23. The second kappa shape index (κ2) is 10.4. The zero-order valence-electron chi connectivity index (χ0n) is 17.5. The first-order valence-electron chi connectivity index (χ1n) is 10.5. The minimum Gasteiger partial charge on any atom is -0.367 e. The molecule has 2 N–H and O–H groups in total. The van der Waals surface area contributed by atoms with E-state index in [0.717, 1.165) is 37.2 Å². The van der Waals surface area contributed by atoms with Gasteiger partial charge in [0.2, 0.25) is 15.9 Å². The summed E-state index contributed by atoms with van der Waals surface area (Å²) in [6.07, 6.45) is 7.11. The van der Waals surface area contributed by atoms with Crippen LogP contribution in [-0.4, -0.2) is 80.8 Å². The third-order valence-electron chi connectivity index (χ3n) is 5.92. The van der Waals surface area contributed by atoms with E-state index in [4.69, 9.17) is 5.21 Å². The fourth-order valence-electron chi connectivity index (χ4n) is 4.17. The number of amides is 1. The van der Waals surface area contributed by atoms with Crippen LogP contribution in [0.1, 0.15) is 24.8 Å². The Bertz CT molecular complexity index is 842. The van der Waals surface area contributed by atoms with Crippen molar-refractivity contribution in [2.75, 3.05) is 57.0 Å². The molecule has 2 saturated heterocycles.